The summed E-state index contributed by atoms with van der Waals surface area (Å²) in [6, 6.07) is 15.6. The molecule has 0 heterocycles. The third kappa shape index (κ3) is 5.37. The van der Waals surface area contributed by atoms with Gasteiger partial charge in [0.1, 0.15) is 0 Å². The van der Waals surface area contributed by atoms with E-state index in [0.717, 1.165) is 33.9 Å². The van der Waals surface area contributed by atoms with Gasteiger partial charge < -0.3 is 10.2 Å². The van der Waals surface area contributed by atoms with Gasteiger partial charge in [0.25, 0.3) is 0 Å². The van der Waals surface area contributed by atoms with Gasteiger partial charge in [-0.1, -0.05) is 60.7 Å². The first-order valence-corrected chi connectivity index (χ1v) is 10.8. The minimum Gasteiger partial charge on any atom is -0.481 e. The Morgan fingerprint density at radius 2 is 1.64 bits per heavy atom. The molecule has 0 saturated carbocycles. The van der Waals surface area contributed by atoms with Crippen molar-refractivity contribution in [2.24, 2.45) is 5.41 Å². The van der Waals surface area contributed by atoms with E-state index in [1.807, 2.05) is 56.3 Å². The Morgan fingerprint density at radius 3 is 2.33 bits per heavy atom. The van der Waals surface area contributed by atoms with E-state index in [-0.39, 0.29) is 5.56 Å². The van der Waals surface area contributed by atoms with E-state index in [4.69, 9.17) is 0 Å². The SMILES string of the molecule is Cc1ccc(CCC(C)(CO)C(=O)O)cc1/C=C/c1cccc(-c2cccc(F)c2F)c1C. The number of aliphatic carboxylic acids is 1. The quantitative estimate of drug-likeness (QED) is 0.389. The fourth-order valence-corrected chi connectivity index (χ4v) is 3.72. The van der Waals surface area contributed by atoms with Crippen LogP contribution in [0.25, 0.3) is 23.3 Å². The van der Waals surface area contributed by atoms with Crippen molar-refractivity contribution in [2.45, 2.75) is 33.6 Å². The van der Waals surface area contributed by atoms with Crippen molar-refractivity contribution in [2.75, 3.05) is 6.61 Å². The Labute approximate surface area is 193 Å². The molecule has 1 atom stereocenters. The molecule has 172 valence electrons. The number of aryl methyl sites for hydroxylation is 2. The van der Waals surface area contributed by atoms with Crippen LogP contribution in [-0.4, -0.2) is 22.8 Å². The molecule has 3 aromatic carbocycles. The molecule has 0 radical (unpaired) electrons. The van der Waals surface area contributed by atoms with Crippen LogP contribution in [-0.2, 0) is 11.2 Å². The third-order valence-electron chi connectivity index (χ3n) is 6.23. The summed E-state index contributed by atoms with van der Waals surface area (Å²) in [4.78, 5) is 11.4. The molecule has 3 rings (SSSR count). The summed E-state index contributed by atoms with van der Waals surface area (Å²) in [7, 11) is 0. The monoisotopic (exact) mass is 450 g/mol. The molecule has 0 saturated heterocycles. The number of benzene rings is 3. The van der Waals surface area contributed by atoms with Gasteiger partial charge in [0.2, 0.25) is 0 Å². The molecule has 2 N–H and O–H groups in total. The number of hydrogen-bond acceptors (Lipinski definition) is 2. The molecule has 5 heteroatoms. The van der Waals surface area contributed by atoms with E-state index >= 15 is 0 Å². The van der Waals surface area contributed by atoms with E-state index in [9.17, 15) is 23.8 Å². The van der Waals surface area contributed by atoms with Crippen LogP contribution in [0, 0.1) is 30.9 Å². The summed E-state index contributed by atoms with van der Waals surface area (Å²) in [5.74, 6) is -2.75. The lowest BCUT2D eigenvalue weighted by Crippen LogP contribution is -2.32. The summed E-state index contributed by atoms with van der Waals surface area (Å²) in [6.07, 6.45) is 4.76. The Kier molecular flexibility index (Phi) is 7.44. The number of rotatable bonds is 8. The van der Waals surface area contributed by atoms with Gasteiger partial charge in [-0.3, -0.25) is 4.79 Å². The molecule has 3 nitrogen and oxygen atoms in total. The van der Waals surface area contributed by atoms with Crippen LogP contribution in [0.3, 0.4) is 0 Å². The summed E-state index contributed by atoms with van der Waals surface area (Å²) in [6.45, 7) is 5.00. The van der Waals surface area contributed by atoms with Crippen LogP contribution in [0.4, 0.5) is 8.78 Å². The molecule has 0 aromatic heterocycles. The first-order chi connectivity index (χ1) is 15.7. The van der Waals surface area contributed by atoms with Gasteiger partial charge in [0.15, 0.2) is 11.6 Å². The number of aliphatic hydroxyl groups is 1. The molecule has 0 spiro atoms. The van der Waals surface area contributed by atoms with E-state index in [1.54, 1.807) is 19.1 Å². The highest BCUT2D eigenvalue weighted by Gasteiger charge is 2.31. The van der Waals surface area contributed by atoms with E-state index in [2.05, 4.69) is 0 Å². The zero-order valence-corrected chi connectivity index (χ0v) is 19.0. The summed E-state index contributed by atoms with van der Waals surface area (Å²) in [5.41, 5.74) is 4.44. The number of carboxylic acids is 1. The maximum atomic E-state index is 14.3. The van der Waals surface area contributed by atoms with Crippen molar-refractivity contribution in [3.63, 3.8) is 0 Å². The average molecular weight is 451 g/mol. The highest BCUT2D eigenvalue weighted by atomic mass is 19.2. The lowest BCUT2D eigenvalue weighted by molar-refractivity contribution is -0.150. The van der Waals surface area contributed by atoms with Crippen LogP contribution >= 0.6 is 0 Å². The summed E-state index contributed by atoms with van der Waals surface area (Å²) >= 11 is 0. The minimum atomic E-state index is -1.18. The van der Waals surface area contributed by atoms with Crippen molar-refractivity contribution >= 4 is 18.1 Å². The molecule has 33 heavy (non-hydrogen) atoms. The molecular formula is C28H28F2O3. The third-order valence-corrected chi connectivity index (χ3v) is 6.23. The number of hydrogen-bond donors (Lipinski definition) is 2. The van der Waals surface area contributed by atoms with Crippen molar-refractivity contribution in [3.8, 4) is 11.1 Å². The number of aliphatic hydroxyl groups excluding tert-OH is 1. The van der Waals surface area contributed by atoms with Gasteiger partial charge in [-0.2, -0.15) is 0 Å². The standard InChI is InChI=1S/C28H28F2O3/c1-18-10-11-20(14-15-28(3,17-31)27(32)33)16-22(18)13-12-21-6-4-7-23(19(21)2)24-8-5-9-25(29)26(24)30/h4-13,16,31H,14-15,17H2,1-3H3,(H,32,33)/b13-12+. The number of halogens is 2. The highest BCUT2D eigenvalue weighted by Crippen LogP contribution is 2.30. The lowest BCUT2D eigenvalue weighted by Gasteiger charge is -2.21. The molecule has 0 aliphatic carbocycles. The topological polar surface area (TPSA) is 57.5 Å². The molecule has 0 aliphatic heterocycles. The van der Waals surface area contributed by atoms with Crippen LogP contribution in [0.5, 0.6) is 0 Å². The lowest BCUT2D eigenvalue weighted by atomic mass is 9.84. The first-order valence-electron chi connectivity index (χ1n) is 10.8. The largest absolute Gasteiger partial charge is 0.481 e. The van der Waals surface area contributed by atoms with Crippen molar-refractivity contribution in [1.29, 1.82) is 0 Å². The minimum absolute atomic E-state index is 0.228. The summed E-state index contributed by atoms with van der Waals surface area (Å²) in [5, 5.41) is 18.8. The zero-order valence-electron chi connectivity index (χ0n) is 19.0. The van der Waals surface area contributed by atoms with E-state index in [0.29, 0.717) is 18.4 Å². The van der Waals surface area contributed by atoms with Gasteiger partial charge in [0.05, 0.1) is 12.0 Å². The van der Waals surface area contributed by atoms with Gasteiger partial charge >= 0.3 is 5.97 Å². The Hall–Kier alpha value is -3.31. The van der Waals surface area contributed by atoms with E-state index in [1.165, 1.54) is 6.07 Å². The molecule has 0 fully saturated rings. The summed E-state index contributed by atoms with van der Waals surface area (Å²) < 4.78 is 28.1. The molecule has 0 amide bonds. The van der Waals surface area contributed by atoms with Crippen LogP contribution in [0.15, 0.2) is 54.6 Å². The van der Waals surface area contributed by atoms with Crippen LogP contribution < -0.4 is 0 Å². The van der Waals surface area contributed by atoms with Gasteiger partial charge in [-0.25, -0.2) is 8.78 Å². The second-order valence-corrected chi connectivity index (χ2v) is 8.67. The number of carbonyl (C=O) groups is 1. The van der Waals surface area contributed by atoms with Crippen molar-refractivity contribution in [1.82, 2.24) is 0 Å². The maximum absolute atomic E-state index is 14.3. The second-order valence-electron chi connectivity index (χ2n) is 8.67. The van der Waals surface area contributed by atoms with Gasteiger partial charge in [-0.15, -0.1) is 0 Å². The Balaban J connectivity index is 1.88. The average Bonchev–Trinajstić information content (AvgIpc) is 2.80. The van der Waals surface area contributed by atoms with Crippen molar-refractivity contribution < 1.29 is 23.8 Å². The Bertz CT molecular complexity index is 1200. The molecule has 0 aliphatic rings. The second kappa shape index (κ2) is 10.1. The highest BCUT2D eigenvalue weighted by molar-refractivity contribution is 5.78. The van der Waals surface area contributed by atoms with Gasteiger partial charge in [0, 0.05) is 5.56 Å². The normalized spacial score (nSPS) is 13.3. The molecule has 0 bridgehead atoms. The predicted molar refractivity (Wildman–Crippen MR) is 128 cm³/mol. The van der Waals surface area contributed by atoms with Crippen molar-refractivity contribution in [3.05, 3.63) is 94.0 Å². The first kappa shape index (κ1) is 24.3. The molecular weight excluding hydrogens is 422 g/mol. The van der Waals surface area contributed by atoms with Crippen LogP contribution in [0.2, 0.25) is 0 Å². The number of carboxylic acid groups (broad SMARTS) is 1. The smallest absolute Gasteiger partial charge is 0.311 e. The zero-order chi connectivity index (χ0) is 24.2. The molecule has 3 aromatic rings. The molecule has 1 unspecified atom stereocenters. The fraction of sp³-hybridized carbons (Fsp3) is 0.250. The van der Waals surface area contributed by atoms with Crippen LogP contribution in [0.1, 0.15) is 41.2 Å². The van der Waals surface area contributed by atoms with Gasteiger partial charge in [-0.05, 0) is 73.1 Å². The van der Waals surface area contributed by atoms with E-state index < -0.39 is 29.6 Å². The Morgan fingerprint density at radius 1 is 0.970 bits per heavy atom. The predicted octanol–water partition coefficient (Wildman–Crippen LogP) is 6.43. The fourth-order valence-electron chi connectivity index (χ4n) is 3.72. The maximum Gasteiger partial charge on any atom is 0.311 e.